The van der Waals surface area contributed by atoms with Gasteiger partial charge in [0, 0.05) is 18.3 Å². The van der Waals surface area contributed by atoms with E-state index in [-0.39, 0.29) is 4.75 Å². The molecule has 0 unspecified atom stereocenters. The topological polar surface area (TPSA) is 58.2 Å². The maximum atomic E-state index is 12.4. The van der Waals surface area contributed by atoms with E-state index in [1.165, 1.54) is 0 Å². The van der Waals surface area contributed by atoms with Crippen molar-refractivity contribution in [1.82, 2.24) is 4.72 Å². The van der Waals surface area contributed by atoms with Crippen molar-refractivity contribution in [3.8, 4) is 0 Å². The molecule has 0 heterocycles. The average Bonchev–Trinajstić information content (AvgIpc) is 2.49. The Labute approximate surface area is 126 Å². The molecule has 4 nitrogen and oxygen atoms in total. The first kappa shape index (κ1) is 17.3. The molecule has 2 N–H and O–H groups in total. The van der Waals surface area contributed by atoms with E-state index < -0.39 is 10.0 Å². The Bertz CT molecular complexity index is 517. The van der Waals surface area contributed by atoms with Gasteiger partial charge in [-0.2, -0.15) is 11.8 Å². The lowest BCUT2D eigenvalue weighted by Gasteiger charge is -2.29. The summed E-state index contributed by atoms with van der Waals surface area (Å²) in [5.41, 5.74) is 0.614. The zero-order chi connectivity index (χ0) is 15.2. The molecule has 0 aromatic heterocycles. The molecule has 6 heteroatoms. The Morgan fingerprint density at radius 3 is 2.30 bits per heavy atom. The second kappa shape index (κ2) is 7.33. The second-order valence-electron chi connectivity index (χ2n) is 4.66. The van der Waals surface area contributed by atoms with Crippen LogP contribution in [0.3, 0.4) is 0 Å². The standard InChI is InChI=1S/C14H24N2O2S2/c1-5-14(6-2,19-4)11-16-20(17,18)13-10-8-7-9-12(13)15-3/h7-10,15-16H,5-6,11H2,1-4H3. The lowest BCUT2D eigenvalue weighted by molar-refractivity contribution is 0.522. The molecule has 0 radical (unpaired) electrons. The van der Waals surface area contributed by atoms with Crippen molar-refractivity contribution < 1.29 is 8.42 Å². The Balaban J connectivity index is 2.96. The molecule has 0 bridgehead atoms. The summed E-state index contributed by atoms with van der Waals surface area (Å²) in [6.07, 6.45) is 3.89. The van der Waals surface area contributed by atoms with Gasteiger partial charge in [0.2, 0.25) is 10.0 Å². The van der Waals surface area contributed by atoms with Gasteiger partial charge in [-0.15, -0.1) is 0 Å². The highest BCUT2D eigenvalue weighted by Crippen LogP contribution is 2.30. The van der Waals surface area contributed by atoms with Gasteiger partial charge >= 0.3 is 0 Å². The molecule has 0 atom stereocenters. The van der Waals surface area contributed by atoms with Gasteiger partial charge in [-0.05, 0) is 31.2 Å². The quantitative estimate of drug-likeness (QED) is 0.774. The van der Waals surface area contributed by atoms with Crippen LogP contribution in [0.2, 0.25) is 0 Å². The Hall–Kier alpha value is -0.720. The van der Waals surface area contributed by atoms with Crippen molar-refractivity contribution in [1.29, 1.82) is 0 Å². The number of rotatable bonds is 8. The van der Waals surface area contributed by atoms with Gasteiger partial charge in [0.25, 0.3) is 0 Å². The molecule has 1 aromatic rings. The highest BCUT2D eigenvalue weighted by atomic mass is 32.2. The molecule has 1 rings (SSSR count). The molecule has 0 amide bonds. The first-order valence-electron chi connectivity index (χ1n) is 6.76. The van der Waals surface area contributed by atoms with E-state index >= 15 is 0 Å². The summed E-state index contributed by atoms with van der Waals surface area (Å²) < 4.78 is 27.6. The Morgan fingerprint density at radius 2 is 1.80 bits per heavy atom. The molecule has 0 saturated carbocycles. The molecular formula is C14H24N2O2S2. The van der Waals surface area contributed by atoms with Crippen LogP contribution in [0.1, 0.15) is 26.7 Å². The fraction of sp³-hybridized carbons (Fsp3) is 0.571. The van der Waals surface area contributed by atoms with Crippen molar-refractivity contribution in [3.05, 3.63) is 24.3 Å². The largest absolute Gasteiger partial charge is 0.387 e. The van der Waals surface area contributed by atoms with E-state index in [1.807, 2.05) is 12.3 Å². The zero-order valence-electron chi connectivity index (χ0n) is 12.6. The number of para-hydroxylation sites is 1. The summed E-state index contributed by atoms with van der Waals surface area (Å²) in [5.74, 6) is 0. The van der Waals surface area contributed by atoms with Crippen molar-refractivity contribution in [2.45, 2.75) is 36.3 Å². The maximum absolute atomic E-state index is 12.4. The molecule has 0 aliphatic carbocycles. The number of benzene rings is 1. The van der Waals surface area contributed by atoms with Crippen LogP contribution >= 0.6 is 11.8 Å². The number of hydrogen-bond donors (Lipinski definition) is 2. The Morgan fingerprint density at radius 1 is 1.20 bits per heavy atom. The number of thioether (sulfide) groups is 1. The molecule has 0 spiro atoms. The molecule has 114 valence electrons. The summed E-state index contributed by atoms with van der Waals surface area (Å²) in [5, 5.41) is 2.92. The van der Waals surface area contributed by atoms with E-state index in [0.717, 1.165) is 12.8 Å². The normalized spacial score (nSPS) is 12.4. The van der Waals surface area contributed by atoms with Gasteiger partial charge in [-0.1, -0.05) is 26.0 Å². The average molecular weight is 316 g/mol. The third-order valence-corrected chi connectivity index (χ3v) is 6.80. The van der Waals surface area contributed by atoms with Crippen LogP contribution < -0.4 is 10.0 Å². The molecule has 0 saturated heterocycles. The Kier molecular flexibility index (Phi) is 6.36. The van der Waals surface area contributed by atoms with Crippen molar-refractivity contribution >= 4 is 27.5 Å². The zero-order valence-corrected chi connectivity index (χ0v) is 14.2. The van der Waals surface area contributed by atoms with Crippen LogP contribution in [0.15, 0.2) is 29.2 Å². The van der Waals surface area contributed by atoms with Gasteiger partial charge in [0.1, 0.15) is 4.90 Å². The monoisotopic (exact) mass is 316 g/mol. The third kappa shape index (κ3) is 3.90. The summed E-state index contributed by atoms with van der Waals surface area (Å²) in [4.78, 5) is 0.296. The van der Waals surface area contributed by atoms with Gasteiger partial charge in [-0.3, -0.25) is 0 Å². The van der Waals surface area contributed by atoms with Crippen molar-refractivity contribution in [3.63, 3.8) is 0 Å². The van der Waals surface area contributed by atoms with Gasteiger partial charge in [-0.25, -0.2) is 13.1 Å². The highest BCUT2D eigenvalue weighted by Gasteiger charge is 2.28. The van der Waals surface area contributed by atoms with Gasteiger partial charge < -0.3 is 5.32 Å². The third-order valence-electron chi connectivity index (χ3n) is 3.75. The lowest BCUT2D eigenvalue weighted by Crippen LogP contribution is -2.39. The number of anilines is 1. The minimum atomic E-state index is -3.49. The lowest BCUT2D eigenvalue weighted by atomic mass is 10.0. The van der Waals surface area contributed by atoms with E-state index in [2.05, 4.69) is 23.9 Å². The van der Waals surface area contributed by atoms with Crippen LogP contribution in [0.5, 0.6) is 0 Å². The fourth-order valence-corrected chi connectivity index (χ4v) is 4.30. The summed E-state index contributed by atoms with van der Waals surface area (Å²) in [6, 6.07) is 6.93. The molecular weight excluding hydrogens is 292 g/mol. The van der Waals surface area contributed by atoms with Crippen LogP contribution in [0, 0.1) is 0 Å². The van der Waals surface area contributed by atoms with E-state index in [1.54, 1.807) is 37.0 Å². The highest BCUT2D eigenvalue weighted by molar-refractivity contribution is 8.00. The van der Waals surface area contributed by atoms with Gasteiger partial charge in [0.15, 0.2) is 0 Å². The number of nitrogens with one attached hydrogen (secondary N) is 2. The van der Waals surface area contributed by atoms with E-state index in [9.17, 15) is 8.42 Å². The van der Waals surface area contributed by atoms with E-state index in [0.29, 0.717) is 17.1 Å². The first-order valence-corrected chi connectivity index (χ1v) is 9.47. The molecule has 20 heavy (non-hydrogen) atoms. The van der Waals surface area contributed by atoms with Crippen LogP contribution in [-0.2, 0) is 10.0 Å². The number of sulfonamides is 1. The minimum Gasteiger partial charge on any atom is -0.387 e. The smallest absolute Gasteiger partial charge is 0.242 e. The van der Waals surface area contributed by atoms with Gasteiger partial charge in [0.05, 0.1) is 5.69 Å². The molecule has 0 fully saturated rings. The van der Waals surface area contributed by atoms with Crippen molar-refractivity contribution in [2.24, 2.45) is 0 Å². The maximum Gasteiger partial charge on any atom is 0.242 e. The molecule has 0 aliphatic rings. The van der Waals surface area contributed by atoms with Crippen LogP contribution in [0.25, 0.3) is 0 Å². The molecule has 1 aromatic carbocycles. The molecule has 0 aliphatic heterocycles. The summed E-state index contributed by atoms with van der Waals surface area (Å²) in [6.45, 7) is 4.63. The summed E-state index contributed by atoms with van der Waals surface area (Å²) in [7, 11) is -1.77. The predicted molar refractivity (Wildman–Crippen MR) is 88.0 cm³/mol. The summed E-state index contributed by atoms with van der Waals surface area (Å²) >= 11 is 1.72. The predicted octanol–water partition coefficient (Wildman–Crippen LogP) is 2.93. The second-order valence-corrected chi connectivity index (χ2v) is 7.67. The van der Waals surface area contributed by atoms with Crippen LogP contribution in [-0.4, -0.2) is 33.0 Å². The first-order chi connectivity index (χ1) is 9.44. The minimum absolute atomic E-state index is 0.0400. The van der Waals surface area contributed by atoms with Crippen molar-refractivity contribution in [2.75, 3.05) is 25.2 Å². The fourth-order valence-electron chi connectivity index (χ4n) is 2.07. The van der Waals surface area contributed by atoms with E-state index in [4.69, 9.17) is 0 Å². The SMILES string of the molecule is CCC(CC)(CNS(=O)(=O)c1ccccc1NC)SC. The number of hydrogen-bond acceptors (Lipinski definition) is 4. The van der Waals surface area contributed by atoms with Crippen LogP contribution in [0.4, 0.5) is 5.69 Å².